The van der Waals surface area contributed by atoms with Crippen LogP contribution in [0.3, 0.4) is 0 Å². The fraction of sp³-hybridized carbons (Fsp3) is 0.588. The van der Waals surface area contributed by atoms with Gasteiger partial charge in [-0.3, -0.25) is 4.90 Å². The summed E-state index contributed by atoms with van der Waals surface area (Å²) in [6.45, 7) is 8.01. The smallest absolute Gasteiger partial charge is 0.188 e. The molecule has 0 radical (unpaired) electrons. The van der Waals surface area contributed by atoms with Crippen molar-refractivity contribution in [3.8, 4) is 5.75 Å². The number of halogens is 1. The molecule has 0 bridgehead atoms. The second kappa shape index (κ2) is 9.97. The number of aliphatic imine (C=N–C) groups is 1. The predicted octanol–water partition coefficient (Wildman–Crippen LogP) is 2.51. The zero-order valence-electron chi connectivity index (χ0n) is 14.3. The number of nitrogens with one attached hydrogen (secondary N) is 1. The SMILES string of the molecule is CCN1CCCC1CNC(N)=NCc1cc(C)cc(OC)c1.I. The fourth-order valence-corrected chi connectivity index (χ4v) is 3.03. The largest absolute Gasteiger partial charge is 0.497 e. The van der Waals surface area contributed by atoms with Crippen molar-refractivity contribution in [2.24, 2.45) is 10.7 Å². The monoisotopic (exact) mass is 432 g/mol. The summed E-state index contributed by atoms with van der Waals surface area (Å²) in [5.74, 6) is 1.38. The van der Waals surface area contributed by atoms with Gasteiger partial charge in [-0.05, 0) is 56.1 Å². The number of methoxy groups -OCH3 is 1. The van der Waals surface area contributed by atoms with Gasteiger partial charge in [-0.1, -0.05) is 13.0 Å². The molecule has 5 nitrogen and oxygen atoms in total. The van der Waals surface area contributed by atoms with E-state index in [-0.39, 0.29) is 24.0 Å². The maximum absolute atomic E-state index is 5.98. The first-order valence-corrected chi connectivity index (χ1v) is 8.04. The number of likely N-dealkylation sites (N-methyl/N-ethyl adjacent to an activating group) is 1. The quantitative estimate of drug-likeness (QED) is 0.412. The van der Waals surface area contributed by atoms with Gasteiger partial charge in [0.2, 0.25) is 0 Å². The molecule has 6 heteroatoms. The summed E-state index contributed by atoms with van der Waals surface area (Å²) >= 11 is 0. The predicted molar refractivity (Wildman–Crippen MR) is 107 cm³/mol. The number of nitrogens with zero attached hydrogens (tertiary/aromatic N) is 2. The molecule has 23 heavy (non-hydrogen) atoms. The third-order valence-electron chi connectivity index (χ3n) is 4.20. The average Bonchev–Trinajstić information content (AvgIpc) is 2.97. The van der Waals surface area contributed by atoms with Gasteiger partial charge >= 0.3 is 0 Å². The highest BCUT2D eigenvalue weighted by molar-refractivity contribution is 14.0. The zero-order valence-corrected chi connectivity index (χ0v) is 16.7. The van der Waals surface area contributed by atoms with Crippen LogP contribution in [-0.4, -0.2) is 43.6 Å². The van der Waals surface area contributed by atoms with Crippen LogP contribution in [0.15, 0.2) is 23.2 Å². The van der Waals surface area contributed by atoms with Crippen molar-refractivity contribution >= 4 is 29.9 Å². The molecule has 0 amide bonds. The first kappa shape index (κ1) is 20.0. The second-order valence-electron chi connectivity index (χ2n) is 5.87. The Bertz CT molecular complexity index is 521. The standard InChI is InChI=1S/C17H28N4O.HI/c1-4-21-7-5-6-15(21)12-20-17(18)19-11-14-8-13(2)9-16(10-14)22-3;/h8-10,15H,4-7,11-12H2,1-3H3,(H3,18,19,20);1H. The van der Waals surface area contributed by atoms with Crippen LogP contribution in [0, 0.1) is 6.92 Å². The van der Waals surface area contributed by atoms with E-state index in [0.29, 0.717) is 18.5 Å². The average molecular weight is 432 g/mol. The lowest BCUT2D eigenvalue weighted by atomic mass is 10.1. The highest BCUT2D eigenvalue weighted by Gasteiger charge is 2.22. The molecule has 1 fully saturated rings. The molecule has 1 saturated heterocycles. The van der Waals surface area contributed by atoms with Gasteiger partial charge in [0.15, 0.2) is 5.96 Å². The lowest BCUT2D eigenvalue weighted by Crippen LogP contribution is -2.42. The Kier molecular flexibility index (Phi) is 8.68. The van der Waals surface area contributed by atoms with Crippen LogP contribution < -0.4 is 15.8 Å². The van der Waals surface area contributed by atoms with Crippen LogP contribution in [-0.2, 0) is 6.54 Å². The Morgan fingerprint density at radius 2 is 2.22 bits per heavy atom. The highest BCUT2D eigenvalue weighted by Crippen LogP contribution is 2.17. The molecule has 0 spiro atoms. The molecular formula is C17H29IN4O. The Labute approximate surface area is 156 Å². The Morgan fingerprint density at radius 3 is 2.91 bits per heavy atom. The van der Waals surface area contributed by atoms with Crippen LogP contribution in [0.25, 0.3) is 0 Å². The maximum atomic E-state index is 5.98. The number of likely N-dealkylation sites (tertiary alicyclic amines) is 1. The number of ether oxygens (including phenoxy) is 1. The molecule has 1 unspecified atom stereocenters. The fourth-order valence-electron chi connectivity index (χ4n) is 3.03. The summed E-state index contributed by atoms with van der Waals surface area (Å²) in [6.07, 6.45) is 2.52. The zero-order chi connectivity index (χ0) is 15.9. The van der Waals surface area contributed by atoms with E-state index in [0.717, 1.165) is 24.4 Å². The normalized spacial score (nSPS) is 18.6. The van der Waals surface area contributed by atoms with Gasteiger partial charge < -0.3 is 15.8 Å². The van der Waals surface area contributed by atoms with Gasteiger partial charge in [0.1, 0.15) is 5.75 Å². The minimum atomic E-state index is 0. The van der Waals surface area contributed by atoms with Crippen molar-refractivity contribution < 1.29 is 4.74 Å². The van der Waals surface area contributed by atoms with Gasteiger partial charge in [-0.25, -0.2) is 4.99 Å². The van der Waals surface area contributed by atoms with Gasteiger partial charge in [0, 0.05) is 12.6 Å². The molecule has 3 N–H and O–H groups in total. The van der Waals surface area contributed by atoms with Gasteiger partial charge in [-0.2, -0.15) is 0 Å². The van der Waals surface area contributed by atoms with E-state index in [1.54, 1.807) is 7.11 Å². The van der Waals surface area contributed by atoms with E-state index in [4.69, 9.17) is 10.5 Å². The molecule has 1 heterocycles. The van der Waals surface area contributed by atoms with Crippen molar-refractivity contribution in [2.45, 2.75) is 39.3 Å². The minimum Gasteiger partial charge on any atom is -0.497 e. The molecule has 0 saturated carbocycles. The van der Waals surface area contributed by atoms with E-state index in [1.165, 1.54) is 24.9 Å². The van der Waals surface area contributed by atoms with E-state index < -0.39 is 0 Å². The molecular weight excluding hydrogens is 403 g/mol. The molecule has 1 aliphatic heterocycles. The first-order valence-electron chi connectivity index (χ1n) is 8.04. The van der Waals surface area contributed by atoms with E-state index in [2.05, 4.69) is 35.1 Å². The molecule has 0 aliphatic carbocycles. The number of hydrogen-bond donors (Lipinski definition) is 2. The lowest BCUT2D eigenvalue weighted by Gasteiger charge is -2.23. The second-order valence-corrected chi connectivity index (χ2v) is 5.87. The summed E-state index contributed by atoms with van der Waals surface area (Å²) in [6, 6.07) is 6.70. The molecule has 1 atom stereocenters. The minimum absolute atomic E-state index is 0. The summed E-state index contributed by atoms with van der Waals surface area (Å²) < 4.78 is 5.28. The van der Waals surface area contributed by atoms with Crippen molar-refractivity contribution in [2.75, 3.05) is 26.7 Å². The number of rotatable bonds is 6. The third kappa shape index (κ3) is 6.18. The molecule has 2 rings (SSSR count). The van der Waals surface area contributed by atoms with E-state index in [9.17, 15) is 0 Å². The van der Waals surface area contributed by atoms with Crippen LogP contribution in [0.2, 0.25) is 0 Å². The Hall–Kier alpha value is -1.02. The molecule has 1 aromatic rings. The summed E-state index contributed by atoms with van der Waals surface area (Å²) in [5.41, 5.74) is 8.26. The van der Waals surface area contributed by atoms with E-state index >= 15 is 0 Å². The maximum Gasteiger partial charge on any atom is 0.188 e. The van der Waals surface area contributed by atoms with Gasteiger partial charge in [0.05, 0.1) is 13.7 Å². The van der Waals surface area contributed by atoms with E-state index in [1.807, 2.05) is 12.1 Å². The topological polar surface area (TPSA) is 62.9 Å². The molecule has 1 aromatic carbocycles. The molecule has 0 aromatic heterocycles. The number of hydrogen-bond acceptors (Lipinski definition) is 3. The van der Waals surface area contributed by atoms with Crippen molar-refractivity contribution in [3.05, 3.63) is 29.3 Å². The van der Waals surface area contributed by atoms with Gasteiger partial charge in [0.25, 0.3) is 0 Å². The number of benzene rings is 1. The van der Waals surface area contributed by atoms with Crippen LogP contribution >= 0.6 is 24.0 Å². The number of nitrogens with two attached hydrogens (primary N) is 1. The Morgan fingerprint density at radius 1 is 1.43 bits per heavy atom. The van der Waals surface area contributed by atoms with Gasteiger partial charge in [-0.15, -0.1) is 24.0 Å². The van der Waals surface area contributed by atoms with Crippen molar-refractivity contribution in [1.82, 2.24) is 10.2 Å². The van der Waals surface area contributed by atoms with Crippen molar-refractivity contribution in [3.63, 3.8) is 0 Å². The molecule has 130 valence electrons. The van der Waals surface area contributed by atoms with Crippen LogP contribution in [0.1, 0.15) is 30.9 Å². The third-order valence-corrected chi connectivity index (χ3v) is 4.20. The molecule has 1 aliphatic rings. The summed E-state index contributed by atoms with van der Waals surface area (Å²) in [4.78, 5) is 6.92. The number of aryl methyl sites for hydroxylation is 1. The first-order chi connectivity index (χ1) is 10.6. The highest BCUT2D eigenvalue weighted by atomic mass is 127. The van der Waals surface area contributed by atoms with Crippen LogP contribution in [0.5, 0.6) is 5.75 Å². The lowest BCUT2D eigenvalue weighted by molar-refractivity contribution is 0.267. The number of guanidine groups is 1. The van der Waals surface area contributed by atoms with Crippen LogP contribution in [0.4, 0.5) is 0 Å². The van der Waals surface area contributed by atoms with Crippen molar-refractivity contribution in [1.29, 1.82) is 0 Å². The Balaban J connectivity index is 0.00000264. The summed E-state index contributed by atoms with van der Waals surface area (Å²) in [7, 11) is 1.68. The summed E-state index contributed by atoms with van der Waals surface area (Å²) in [5, 5.41) is 3.26.